The Morgan fingerprint density at radius 1 is 1.28 bits per heavy atom. The summed E-state index contributed by atoms with van der Waals surface area (Å²) in [6.45, 7) is 0. The highest BCUT2D eigenvalue weighted by atomic mass is 19.1. The highest BCUT2D eigenvalue weighted by Crippen LogP contribution is 2.25. The Bertz CT molecular complexity index is 602. The number of carbonyl (C=O) groups excluding carboxylic acids is 1. The van der Waals surface area contributed by atoms with Crippen molar-refractivity contribution in [3.05, 3.63) is 47.9 Å². The summed E-state index contributed by atoms with van der Waals surface area (Å²) >= 11 is 0. The van der Waals surface area contributed by atoms with E-state index in [1.54, 1.807) is 6.07 Å². The number of carbonyl (C=O) groups is 1. The highest BCUT2D eigenvalue weighted by Gasteiger charge is 2.09. The number of pyridine rings is 1. The maximum atomic E-state index is 13.0. The molecule has 1 heterocycles. The molecule has 0 aliphatic heterocycles. The summed E-state index contributed by atoms with van der Waals surface area (Å²) in [5.74, 6) is -0.899. The molecule has 0 bridgehead atoms. The van der Waals surface area contributed by atoms with Crippen molar-refractivity contribution in [2.45, 2.75) is 0 Å². The molecule has 0 aliphatic carbocycles. The fourth-order valence-electron chi connectivity index (χ4n) is 1.31. The molecule has 5 nitrogen and oxygen atoms in total. The predicted molar refractivity (Wildman–Crippen MR) is 63.6 cm³/mol. The first-order chi connectivity index (χ1) is 8.56. The van der Waals surface area contributed by atoms with Gasteiger partial charge in [-0.15, -0.1) is 0 Å². The van der Waals surface area contributed by atoms with Gasteiger partial charge in [0.25, 0.3) is 5.91 Å². The van der Waals surface area contributed by atoms with Gasteiger partial charge in [-0.05, 0) is 24.3 Å². The summed E-state index contributed by atoms with van der Waals surface area (Å²) in [5, 5.41) is 0. The van der Waals surface area contributed by atoms with Crippen molar-refractivity contribution in [3.63, 3.8) is 0 Å². The van der Waals surface area contributed by atoms with Crippen LogP contribution in [0.15, 0.2) is 36.4 Å². The lowest BCUT2D eigenvalue weighted by molar-refractivity contribution is 0.0995. The first-order valence-corrected chi connectivity index (χ1v) is 5.06. The van der Waals surface area contributed by atoms with Gasteiger partial charge < -0.3 is 16.2 Å². The van der Waals surface area contributed by atoms with Crippen molar-refractivity contribution in [2.75, 3.05) is 5.73 Å². The van der Waals surface area contributed by atoms with E-state index < -0.39 is 11.7 Å². The molecular formula is C12H10FN3O2. The smallest absolute Gasteiger partial charge is 0.267 e. The van der Waals surface area contributed by atoms with Crippen molar-refractivity contribution < 1.29 is 13.9 Å². The zero-order valence-corrected chi connectivity index (χ0v) is 9.26. The van der Waals surface area contributed by atoms with E-state index in [0.29, 0.717) is 0 Å². The number of nitrogens with zero attached hydrogens (tertiary/aromatic N) is 1. The zero-order valence-electron chi connectivity index (χ0n) is 9.26. The van der Waals surface area contributed by atoms with Crippen LogP contribution >= 0.6 is 0 Å². The lowest BCUT2D eigenvalue weighted by Crippen LogP contribution is -2.13. The molecule has 6 heteroatoms. The minimum atomic E-state index is -0.695. The van der Waals surface area contributed by atoms with Crippen LogP contribution in [-0.4, -0.2) is 10.9 Å². The van der Waals surface area contributed by atoms with Crippen LogP contribution in [0.1, 0.15) is 10.5 Å². The van der Waals surface area contributed by atoms with Gasteiger partial charge in [0.15, 0.2) is 0 Å². The Balaban J connectivity index is 2.33. The third-order valence-electron chi connectivity index (χ3n) is 2.15. The molecule has 2 rings (SSSR count). The van der Waals surface area contributed by atoms with Crippen molar-refractivity contribution in [3.8, 4) is 11.6 Å². The minimum Gasteiger partial charge on any atom is -0.437 e. The van der Waals surface area contributed by atoms with Gasteiger partial charge in [-0.25, -0.2) is 9.37 Å². The number of benzene rings is 1. The largest absolute Gasteiger partial charge is 0.437 e. The van der Waals surface area contributed by atoms with Gasteiger partial charge in [-0.3, -0.25) is 4.79 Å². The second-order valence-electron chi connectivity index (χ2n) is 3.51. The van der Waals surface area contributed by atoms with E-state index in [2.05, 4.69) is 4.98 Å². The van der Waals surface area contributed by atoms with E-state index in [9.17, 15) is 9.18 Å². The van der Waals surface area contributed by atoms with E-state index in [1.165, 1.54) is 30.3 Å². The van der Waals surface area contributed by atoms with Gasteiger partial charge in [0.2, 0.25) is 5.88 Å². The molecule has 18 heavy (non-hydrogen) atoms. The normalized spacial score (nSPS) is 10.1. The summed E-state index contributed by atoms with van der Waals surface area (Å²) in [6.07, 6.45) is 0. The second-order valence-corrected chi connectivity index (χ2v) is 3.51. The number of amides is 1. The summed E-state index contributed by atoms with van der Waals surface area (Å²) in [6, 6.07) is 8.32. The summed E-state index contributed by atoms with van der Waals surface area (Å²) in [5.41, 5.74) is 11.0. The lowest BCUT2D eigenvalue weighted by Gasteiger charge is -2.08. The van der Waals surface area contributed by atoms with Crippen molar-refractivity contribution in [2.24, 2.45) is 5.73 Å². The van der Waals surface area contributed by atoms with E-state index in [0.717, 1.165) is 0 Å². The average Bonchev–Trinajstić information content (AvgIpc) is 2.31. The van der Waals surface area contributed by atoms with Gasteiger partial charge in [0, 0.05) is 6.07 Å². The minimum absolute atomic E-state index is 0.0110. The van der Waals surface area contributed by atoms with E-state index in [-0.39, 0.29) is 23.0 Å². The second kappa shape index (κ2) is 4.70. The molecule has 1 aromatic carbocycles. The summed E-state index contributed by atoms with van der Waals surface area (Å²) in [7, 11) is 0. The number of rotatable bonds is 3. The molecule has 2 aromatic rings. The first kappa shape index (κ1) is 11.8. The molecule has 0 saturated heterocycles. The summed E-state index contributed by atoms with van der Waals surface area (Å²) in [4.78, 5) is 14.8. The molecule has 0 saturated carbocycles. The van der Waals surface area contributed by atoms with Crippen LogP contribution in [0.2, 0.25) is 0 Å². The third kappa shape index (κ3) is 2.54. The number of hydrogen-bond acceptors (Lipinski definition) is 4. The Morgan fingerprint density at radius 2 is 2.06 bits per heavy atom. The maximum absolute atomic E-state index is 13.0. The number of nitrogen functional groups attached to an aromatic ring is 1. The highest BCUT2D eigenvalue weighted by molar-refractivity contribution is 5.91. The Labute approximate surface area is 102 Å². The first-order valence-electron chi connectivity index (χ1n) is 5.06. The summed E-state index contributed by atoms with van der Waals surface area (Å²) < 4.78 is 18.3. The van der Waals surface area contributed by atoms with Gasteiger partial charge in [-0.2, -0.15) is 0 Å². The monoisotopic (exact) mass is 247 g/mol. The van der Waals surface area contributed by atoms with Gasteiger partial charge in [0.05, 0.1) is 5.69 Å². The average molecular weight is 247 g/mol. The van der Waals surface area contributed by atoms with Crippen LogP contribution in [0.5, 0.6) is 11.6 Å². The number of primary amides is 1. The van der Waals surface area contributed by atoms with E-state index in [1.807, 2.05) is 0 Å². The lowest BCUT2D eigenvalue weighted by atomic mass is 10.3. The van der Waals surface area contributed by atoms with E-state index in [4.69, 9.17) is 16.2 Å². The molecule has 0 radical (unpaired) electrons. The topological polar surface area (TPSA) is 91.2 Å². The molecule has 0 atom stereocenters. The SMILES string of the molecule is NC(=O)c1ccc(N)c(Oc2cccc(F)c2)n1. The van der Waals surface area contributed by atoms with Gasteiger partial charge in [0.1, 0.15) is 17.3 Å². The van der Waals surface area contributed by atoms with Crippen molar-refractivity contribution in [1.82, 2.24) is 4.98 Å². The number of halogens is 1. The Kier molecular flexibility index (Phi) is 3.09. The third-order valence-corrected chi connectivity index (χ3v) is 2.15. The molecule has 0 aliphatic rings. The van der Waals surface area contributed by atoms with Crippen LogP contribution in [-0.2, 0) is 0 Å². The van der Waals surface area contributed by atoms with Crippen molar-refractivity contribution in [1.29, 1.82) is 0 Å². The van der Waals surface area contributed by atoms with Crippen LogP contribution in [0.25, 0.3) is 0 Å². The van der Waals surface area contributed by atoms with Gasteiger partial charge >= 0.3 is 0 Å². The predicted octanol–water partition coefficient (Wildman–Crippen LogP) is 1.69. The quantitative estimate of drug-likeness (QED) is 0.863. The number of nitrogens with two attached hydrogens (primary N) is 2. The standard InChI is InChI=1S/C12H10FN3O2/c13-7-2-1-3-8(6-7)18-12-9(14)4-5-10(16-12)11(15)17/h1-6H,14H2,(H2,15,17). The van der Waals surface area contributed by atoms with Crippen LogP contribution < -0.4 is 16.2 Å². The number of anilines is 1. The Morgan fingerprint density at radius 3 is 2.72 bits per heavy atom. The number of aromatic nitrogens is 1. The van der Waals surface area contributed by atoms with E-state index >= 15 is 0 Å². The molecule has 1 amide bonds. The Hall–Kier alpha value is -2.63. The fraction of sp³-hybridized carbons (Fsp3) is 0. The zero-order chi connectivity index (χ0) is 13.1. The van der Waals surface area contributed by atoms with Gasteiger partial charge in [-0.1, -0.05) is 6.07 Å². The molecule has 0 fully saturated rings. The molecular weight excluding hydrogens is 237 g/mol. The fourth-order valence-corrected chi connectivity index (χ4v) is 1.31. The molecule has 1 aromatic heterocycles. The number of hydrogen-bond donors (Lipinski definition) is 2. The molecule has 0 spiro atoms. The molecule has 0 unspecified atom stereocenters. The van der Waals surface area contributed by atoms with Crippen molar-refractivity contribution >= 4 is 11.6 Å². The maximum Gasteiger partial charge on any atom is 0.267 e. The number of ether oxygens (including phenoxy) is 1. The van der Waals surface area contributed by atoms with Crippen LogP contribution in [0, 0.1) is 5.82 Å². The molecule has 92 valence electrons. The van der Waals surface area contributed by atoms with Crippen LogP contribution in [0.4, 0.5) is 10.1 Å². The van der Waals surface area contributed by atoms with Crippen LogP contribution in [0.3, 0.4) is 0 Å². The molecule has 4 N–H and O–H groups in total.